The molecule has 19 heavy (non-hydrogen) atoms. The van der Waals surface area contributed by atoms with Crippen molar-refractivity contribution >= 4 is 37.7 Å². The molecular weight excluding hydrogens is 376 g/mol. The molecule has 0 unspecified atom stereocenters. The highest BCUT2D eigenvalue weighted by atomic mass is 79.9. The topological polar surface area (TPSA) is 67.8 Å². The maximum absolute atomic E-state index is 8.58. The van der Waals surface area contributed by atoms with Gasteiger partial charge in [0.1, 0.15) is 11.5 Å². The Labute approximate surface area is 127 Å². The molecule has 0 aliphatic rings. The third kappa shape index (κ3) is 3.48. The molecule has 6 heteroatoms. The number of nitrogens with zero attached hydrogens (tertiary/aromatic N) is 1. The summed E-state index contributed by atoms with van der Waals surface area (Å²) in [5.74, 6) is 1.44. The monoisotopic (exact) mass is 384 g/mol. The first kappa shape index (κ1) is 13.9. The van der Waals surface area contributed by atoms with Gasteiger partial charge in [-0.05, 0) is 58.4 Å². The van der Waals surface area contributed by atoms with Gasteiger partial charge in [0.05, 0.1) is 4.47 Å². The molecule has 0 aromatic heterocycles. The molecule has 2 aromatic carbocycles. The molecule has 98 valence electrons. The van der Waals surface area contributed by atoms with Gasteiger partial charge in [-0.15, -0.1) is 0 Å². The number of rotatable bonds is 3. The minimum absolute atomic E-state index is 0.0661. The number of ether oxygens (including phenoxy) is 1. The van der Waals surface area contributed by atoms with Crippen molar-refractivity contribution in [1.29, 1.82) is 0 Å². The fourth-order valence-corrected chi connectivity index (χ4v) is 2.56. The van der Waals surface area contributed by atoms with Crippen molar-refractivity contribution < 1.29 is 9.94 Å². The molecule has 0 atom stereocenters. The van der Waals surface area contributed by atoms with E-state index in [9.17, 15) is 0 Å². The zero-order valence-corrected chi connectivity index (χ0v) is 12.8. The van der Waals surface area contributed by atoms with Crippen LogP contribution < -0.4 is 10.5 Å². The number of oxime groups is 1. The first-order valence-corrected chi connectivity index (χ1v) is 6.89. The van der Waals surface area contributed by atoms with Gasteiger partial charge in [0.2, 0.25) is 0 Å². The normalized spacial score (nSPS) is 11.4. The number of halogens is 2. The molecule has 0 fully saturated rings. The summed E-state index contributed by atoms with van der Waals surface area (Å²) in [5, 5.41) is 11.5. The van der Waals surface area contributed by atoms with E-state index < -0.39 is 0 Å². The van der Waals surface area contributed by atoms with Crippen LogP contribution in [-0.4, -0.2) is 11.0 Å². The van der Waals surface area contributed by atoms with Crippen molar-refractivity contribution in [1.82, 2.24) is 0 Å². The van der Waals surface area contributed by atoms with E-state index in [-0.39, 0.29) is 5.84 Å². The van der Waals surface area contributed by atoms with Gasteiger partial charge in [-0.25, -0.2) is 0 Å². The molecule has 0 bridgehead atoms. The second-order valence-corrected chi connectivity index (χ2v) is 5.46. The third-order valence-corrected chi connectivity index (χ3v) is 3.49. The van der Waals surface area contributed by atoms with E-state index in [1.165, 1.54) is 0 Å². The van der Waals surface area contributed by atoms with Crippen LogP contribution in [0.15, 0.2) is 56.6 Å². The van der Waals surface area contributed by atoms with E-state index in [1.807, 2.05) is 18.2 Å². The molecule has 2 rings (SSSR count). The predicted octanol–water partition coefficient (Wildman–Crippen LogP) is 4.10. The Morgan fingerprint density at radius 2 is 1.79 bits per heavy atom. The highest BCUT2D eigenvalue weighted by molar-refractivity contribution is 9.11. The SMILES string of the molecule is NC(=NO)c1ccc(Oc2ccc(Br)cc2Br)cc1. The molecule has 0 aliphatic carbocycles. The second-order valence-electron chi connectivity index (χ2n) is 3.69. The van der Waals surface area contributed by atoms with E-state index >= 15 is 0 Å². The maximum atomic E-state index is 8.58. The number of hydrogen-bond donors (Lipinski definition) is 2. The van der Waals surface area contributed by atoms with E-state index in [1.54, 1.807) is 24.3 Å². The van der Waals surface area contributed by atoms with Crippen molar-refractivity contribution in [2.24, 2.45) is 10.9 Å². The van der Waals surface area contributed by atoms with Crippen LogP contribution in [0, 0.1) is 0 Å². The van der Waals surface area contributed by atoms with Crippen LogP contribution in [0.5, 0.6) is 11.5 Å². The summed E-state index contributed by atoms with van der Waals surface area (Å²) in [6.07, 6.45) is 0. The largest absolute Gasteiger partial charge is 0.456 e. The molecular formula is C13H10Br2N2O2. The lowest BCUT2D eigenvalue weighted by atomic mass is 10.2. The van der Waals surface area contributed by atoms with Crippen molar-refractivity contribution in [2.75, 3.05) is 0 Å². The number of hydrogen-bond acceptors (Lipinski definition) is 3. The van der Waals surface area contributed by atoms with Crippen LogP contribution in [0.4, 0.5) is 0 Å². The maximum Gasteiger partial charge on any atom is 0.170 e. The molecule has 0 radical (unpaired) electrons. The van der Waals surface area contributed by atoms with Crippen LogP contribution in [0.25, 0.3) is 0 Å². The van der Waals surface area contributed by atoms with Crippen molar-refractivity contribution in [2.45, 2.75) is 0 Å². The van der Waals surface area contributed by atoms with Gasteiger partial charge in [0, 0.05) is 10.0 Å². The third-order valence-electron chi connectivity index (χ3n) is 2.38. The lowest BCUT2D eigenvalue weighted by Crippen LogP contribution is -2.12. The van der Waals surface area contributed by atoms with Crippen LogP contribution in [0.3, 0.4) is 0 Å². The number of amidine groups is 1. The molecule has 4 nitrogen and oxygen atoms in total. The van der Waals surface area contributed by atoms with Gasteiger partial charge in [-0.2, -0.15) is 0 Å². The quantitative estimate of drug-likeness (QED) is 0.361. The van der Waals surface area contributed by atoms with Crippen LogP contribution in [0.2, 0.25) is 0 Å². The summed E-state index contributed by atoms with van der Waals surface area (Å²) in [5.41, 5.74) is 6.11. The van der Waals surface area contributed by atoms with Crippen molar-refractivity contribution in [3.8, 4) is 11.5 Å². The van der Waals surface area contributed by atoms with Gasteiger partial charge < -0.3 is 15.7 Å². The first-order valence-electron chi connectivity index (χ1n) is 5.31. The fourth-order valence-electron chi connectivity index (χ4n) is 1.44. The van der Waals surface area contributed by atoms with Gasteiger partial charge in [0.25, 0.3) is 0 Å². The van der Waals surface area contributed by atoms with E-state index in [0.29, 0.717) is 17.1 Å². The fraction of sp³-hybridized carbons (Fsp3) is 0. The van der Waals surface area contributed by atoms with Crippen molar-refractivity contribution in [3.05, 3.63) is 57.0 Å². The molecule has 0 aliphatic heterocycles. The summed E-state index contributed by atoms with van der Waals surface area (Å²) in [4.78, 5) is 0. The van der Waals surface area contributed by atoms with Gasteiger partial charge in [-0.3, -0.25) is 0 Å². The molecule has 0 spiro atoms. The van der Waals surface area contributed by atoms with E-state index in [4.69, 9.17) is 15.7 Å². The van der Waals surface area contributed by atoms with Gasteiger partial charge >= 0.3 is 0 Å². The molecule has 2 aromatic rings. The lowest BCUT2D eigenvalue weighted by molar-refractivity contribution is 0.318. The summed E-state index contributed by atoms with van der Waals surface area (Å²) in [6, 6.07) is 12.6. The molecule has 0 amide bonds. The molecule has 0 saturated heterocycles. The number of nitrogens with two attached hydrogens (primary N) is 1. The highest BCUT2D eigenvalue weighted by Crippen LogP contribution is 2.31. The second kappa shape index (κ2) is 6.08. The van der Waals surface area contributed by atoms with Crippen LogP contribution in [-0.2, 0) is 0 Å². The Hall–Kier alpha value is -1.53. The summed E-state index contributed by atoms with van der Waals surface area (Å²) < 4.78 is 7.54. The predicted molar refractivity (Wildman–Crippen MR) is 80.9 cm³/mol. The summed E-state index contributed by atoms with van der Waals surface area (Å²) in [7, 11) is 0. The lowest BCUT2D eigenvalue weighted by Gasteiger charge is -2.08. The molecule has 3 N–H and O–H groups in total. The highest BCUT2D eigenvalue weighted by Gasteiger charge is 2.04. The summed E-state index contributed by atoms with van der Waals surface area (Å²) >= 11 is 6.81. The van der Waals surface area contributed by atoms with E-state index in [2.05, 4.69) is 37.0 Å². The van der Waals surface area contributed by atoms with Crippen LogP contribution in [0.1, 0.15) is 5.56 Å². The van der Waals surface area contributed by atoms with E-state index in [0.717, 1.165) is 8.95 Å². The van der Waals surface area contributed by atoms with Gasteiger partial charge in [-0.1, -0.05) is 21.1 Å². The van der Waals surface area contributed by atoms with Crippen LogP contribution >= 0.6 is 31.9 Å². The standard InChI is InChI=1S/C13H10Br2N2O2/c14-9-3-6-12(11(15)7-9)19-10-4-1-8(2-5-10)13(16)17-18/h1-7,18H,(H2,16,17). The molecule has 0 heterocycles. The average Bonchev–Trinajstić information content (AvgIpc) is 2.42. The van der Waals surface area contributed by atoms with Gasteiger partial charge in [0.15, 0.2) is 5.84 Å². The minimum atomic E-state index is 0.0661. The smallest absolute Gasteiger partial charge is 0.170 e. The Balaban J connectivity index is 2.20. The average molecular weight is 386 g/mol. The minimum Gasteiger partial charge on any atom is -0.456 e. The zero-order valence-electron chi connectivity index (χ0n) is 9.68. The Morgan fingerprint density at radius 3 is 2.37 bits per heavy atom. The summed E-state index contributed by atoms with van der Waals surface area (Å²) in [6.45, 7) is 0. The first-order chi connectivity index (χ1) is 9.10. The molecule has 0 saturated carbocycles. The van der Waals surface area contributed by atoms with Crippen molar-refractivity contribution in [3.63, 3.8) is 0 Å². The zero-order chi connectivity index (χ0) is 13.8. The Bertz CT molecular complexity index is 613. The number of benzene rings is 2. The Morgan fingerprint density at radius 1 is 1.11 bits per heavy atom. The Kier molecular flexibility index (Phi) is 4.44.